The highest BCUT2D eigenvalue weighted by Gasteiger charge is 2.18. The molecule has 2 aromatic rings. The average Bonchev–Trinajstić information content (AvgIpc) is 2.35. The topological polar surface area (TPSA) is 28.0 Å². The van der Waals surface area contributed by atoms with Crippen LogP contribution in [0.1, 0.15) is 11.4 Å². The van der Waals surface area contributed by atoms with E-state index in [1.165, 1.54) is 0 Å². The maximum absolute atomic E-state index is 10.2. The third-order valence-electron chi connectivity index (χ3n) is 3.15. The zero-order chi connectivity index (χ0) is 13.0. The molecule has 0 radical (unpaired) electrons. The SMILES string of the molecule is Cc1cccc[n+]1CC(O)C[n+]1ccccc1C. The third-order valence-corrected chi connectivity index (χ3v) is 3.15. The van der Waals surface area contributed by atoms with Crippen molar-refractivity contribution in [3.8, 4) is 0 Å². The fourth-order valence-electron chi connectivity index (χ4n) is 2.04. The maximum Gasteiger partial charge on any atom is 0.180 e. The van der Waals surface area contributed by atoms with Gasteiger partial charge in [-0.3, -0.25) is 0 Å². The molecule has 2 heterocycles. The van der Waals surface area contributed by atoms with Crippen molar-refractivity contribution in [1.82, 2.24) is 0 Å². The molecule has 2 aromatic heterocycles. The van der Waals surface area contributed by atoms with Crippen LogP contribution in [0, 0.1) is 13.8 Å². The number of aromatic nitrogens is 2. The Bertz CT molecular complexity index is 478. The van der Waals surface area contributed by atoms with Gasteiger partial charge in [0.1, 0.15) is 0 Å². The number of aryl methyl sites for hydroxylation is 2. The zero-order valence-electron chi connectivity index (χ0n) is 11.0. The third kappa shape index (κ3) is 3.14. The molecular formula is C15H20N2O+2. The lowest BCUT2D eigenvalue weighted by atomic mass is 10.2. The van der Waals surface area contributed by atoms with Gasteiger partial charge in [-0.05, 0) is 0 Å². The Morgan fingerprint density at radius 3 is 1.72 bits per heavy atom. The van der Waals surface area contributed by atoms with Crippen LogP contribution in [-0.4, -0.2) is 11.2 Å². The van der Waals surface area contributed by atoms with Crippen LogP contribution in [0.2, 0.25) is 0 Å². The van der Waals surface area contributed by atoms with Gasteiger partial charge < -0.3 is 5.11 Å². The first-order valence-corrected chi connectivity index (χ1v) is 6.25. The van der Waals surface area contributed by atoms with E-state index in [0.29, 0.717) is 13.1 Å². The molecule has 0 saturated carbocycles. The van der Waals surface area contributed by atoms with Crippen LogP contribution >= 0.6 is 0 Å². The molecule has 3 heteroatoms. The van der Waals surface area contributed by atoms with Crippen molar-refractivity contribution >= 4 is 0 Å². The number of aliphatic hydroxyl groups is 1. The first kappa shape index (κ1) is 12.7. The highest BCUT2D eigenvalue weighted by molar-refractivity contribution is 4.95. The fraction of sp³-hybridized carbons (Fsp3) is 0.333. The van der Waals surface area contributed by atoms with E-state index in [1.54, 1.807) is 0 Å². The normalized spacial score (nSPS) is 10.9. The second-order valence-electron chi connectivity index (χ2n) is 4.64. The van der Waals surface area contributed by atoms with E-state index in [0.717, 1.165) is 11.4 Å². The second kappa shape index (κ2) is 5.74. The van der Waals surface area contributed by atoms with Crippen molar-refractivity contribution in [2.24, 2.45) is 0 Å². The van der Waals surface area contributed by atoms with Crippen LogP contribution < -0.4 is 9.13 Å². The summed E-state index contributed by atoms with van der Waals surface area (Å²) in [5, 5.41) is 10.2. The van der Waals surface area contributed by atoms with Gasteiger partial charge in [0.15, 0.2) is 43.0 Å². The molecule has 0 bridgehead atoms. The van der Waals surface area contributed by atoms with Gasteiger partial charge in [0.2, 0.25) is 0 Å². The molecule has 0 amide bonds. The van der Waals surface area contributed by atoms with Crippen molar-refractivity contribution in [2.45, 2.75) is 33.0 Å². The largest absolute Gasteiger partial charge is 0.381 e. The summed E-state index contributed by atoms with van der Waals surface area (Å²) in [5.41, 5.74) is 2.32. The second-order valence-corrected chi connectivity index (χ2v) is 4.64. The smallest absolute Gasteiger partial charge is 0.180 e. The van der Waals surface area contributed by atoms with Crippen LogP contribution in [0.3, 0.4) is 0 Å². The van der Waals surface area contributed by atoms with Gasteiger partial charge >= 0.3 is 0 Å². The predicted molar refractivity (Wildman–Crippen MR) is 68.8 cm³/mol. The average molecular weight is 244 g/mol. The lowest BCUT2D eigenvalue weighted by Gasteiger charge is -2.06. The first-order valence-electron chi connectivity index (χ1n) is 6.25. The Morgan fingerprint density at radius 1 is 0.889 bits per heavy atom. The maximum atomic E-state index is 10.2. The molecule has 3 nitrogen and oxygen atoms in total. The lowest BCUT2D eigenvalue weighted by Crippen LogP contribution is -2.49. The van der Waals surface area contributed by atoms with Crippen LogP contribution in [-0.2, 0) is 13.1 Å². The summed E-state index contributed by atoms with van der Waals surface area (Å²) in [6.45, 7) is 5.34. The van der Waals surface area contributed by atoms with Crippen LogP contribution in [0.15, 0.2) is 48.8 Å². The van der Waals surface area contributed by atoms with E-state index in [4.69, 9.17) is 0 Å². The van der Waals surface area contributed by atoms with E-state index in [2.05, 4.69) is 9.13 Å². The minimum absolute atomic E-state index is 0.387. The quantitative estimate of drug-likeness (QED) is 0.797. The standard InChI is InChI=1S/C15H20N2O/c1-13-7-3-5-9-16(13)11-15(18)12-17-10-6-4-8-14(17)2/h3-10,15,18H,11-12H2,1-2H3/q+2. The van der Waals surface area contributed by atoms with Crippen molar-refractivity contribution in [1.29, 1.82) is 0 Å². The zero-order valence-corrected chi connectivity index (χ0v) is 11.0. The van der Waals surface area contributed by atoms with Gasteiger partial charge in [0, 0.05) is 38.1 Å². The number of rotatable bonds is 4. The Labute approximate surface area is 108 Å². The number of pyridine rings is 2. The highest BCUT2D eigenvalue weighted by Crippen LogP contribution is 1.93. The van der Waals surface area contributed by atoms with Crippen LogP contribution in [0.25, 0.3) is 0 Å². The molecule has 94 valence electrons. The summed E-state index contributed by atoms with van der Waals surface area (Å²) < 4.78 is 4.15. The molecule has 0 fully saturated rings. The number of nitrogens with zero attached hydrogens (tertiary/aromatic N) is 2. The molecule has 0 unspecified atom stereocenters. The lowest BCUT2D eigenvalue weighted by molar-refractivity contribution is -0.743. The molecule has 0 aliphatic carbocycles. The van der Waals surface area contributed by atoms with Gasteiger partial charge in [-0.1, -0.05) is 12.1 Å². The van der Waals surface area contributed by atoms with Crippen molar-refractivity contribution in [3.05, 3.63) is 60.2 Å². The monoisotopic (exact) mass is 244 g/mol. The van der Waals surface area contributed by atoms with Gasteiger partial charge in [0.25, 0.3) is 0 Å². The van der Waals surface area contributed by atoms with E-state index in [1.807, 2.05) is 62.6 Å². The molecule has 18 heavy (non-hydrogen) atoms. The fourth-order valence-corrected chi connectivity index (χ4v) is 2.04. The van der Waals surface area contributed by atoms with E-state index >= 15 is 0 Å². The predicted octanol–water partition coefficient (Wildman–Crippen LogP) is 0.940. The van der Waals surface area contributed by atoms with Crippen molar-refractivity contribution < 1.29 is 14.2 Å². The van der Waals surface area contributed by atoms with Gasteiger partial charge in [-0.2, -0.15) is 9.13 Å². The Kier molecular flexibility index (Phi) is 4.05. The Hall–Kier alpha value is -1.74. The molecule has 2 rings (SSSR count). The molecule has 0 aromatic carbocycles. The summed E-state index contributed by atoms with van der Waals surface area (Å²) in [5.74, 6) is 0. The molecule has 0 saturated heterocycles. The molecular weight excluding hydrogens is 224 g/mol. The summed E-state index contributed by atoms with van der Waals surface area (Å²) in [6.07, 6.45) is 3.62. The van der Waals surface area contributed by atoms with Gasteiger partial charge in [-0.25, -0.2) is 0 Å². The molecule has 0 spiro atoms. The number of hydrogen-bond donors (Lipinski definition) is 1. The van der Waals surface area contributed by atoms with E-state index in [-0.39, 0.29) is 6.10 Å². The molecule has 0 aliphatic rings. The summed E-state index contributed by atoms with van der Waals surface area (Å²) in [4.78, 5) is 0. The van der Waals surface area contributed by atoms with Gasteiger partial charge in [0.05, 0.1) is 0 Å². The Morgan fingerprint density at radius 2 is 1.33 bits per heavy atom. The Balaban J connectivity index is 2.04. The molecule has 1 N–H and O–H groups in total. The summed E-state index contributed by atoms with van der Waals surface area (Å²) in [6, 6.07) is 12.1. The minimum atomic E-state index is -0.387. The van der Waals surface area contributed by atoms with Crippen LogP contribution in [0.5, 0.6) is 0 Å². The minimum Gasteiger partial charge on any atom is -0.381 e. The van der Waals surface area contributed by atoms with E-state index in [9.17, 15) is 5.11 Å². The summed E-state index contributed by atoms with van der Waals surface area (Å²) >= 11 is 0. The first-order chi connectivity index (χ1) is 8.66. The summed E-state index contributed by atoms with van der Waals surface area (Å²) in [7, 11) is 0. The van der Waals surface area contributed by atoms with Crippen LogP contribution in [0.4, 0.5) is 0 Å². The van der Waals surface area contributed by atoms with Crippen molar-refractivity contribution in [2.75, 3.05) is 0 Å². The number of aliphatic hydroxyl groups excluding tert-OH is 1. The highest BCUT2D eigenvalue weighted by atomic mass is 16.3. The molecule has 0 atom stereocenters. The van der Waals surface area contributed by atoms with Crippen molar-refractivity contribution in [3.63, 3.8) is 0 Å². The number of hydrogen-bond acceptors (Lipinski definition) is 1. The van der Waals surface area contributed by atoms with E-state index < -0.39 is 0 Å². The molecule has 0 aliphatic heterocycles. The van der Waals surface area contributed by atoms with Gasteiger partial charge in [-0.15, -0.1) is 0 Å².